The molecule has 0 saturated carbocycles. The molecule has 9 heteroatoms. The Bertz CT molecular complexity index is 210. The molecule has 4 N–H and O–H groups in total. The molecule has 0 bridgehead atoms. The normalized spacial score (nSPS) is 9.26. The van der Waals surface area contributed by atoms with Crippen LogP contribution in [0.25, 0.3) is 0 Å². The van der Waals surface area contributed by atoms with Crippen molar-refractivity contribution in [3.8, 4) is 0 Å². The number of ether oxygens (including phenoxy) is 1. The summed E-state index contributed by atoms with van der Waals surface area (Å²) in [6.45, 7) is 3.24. The number of hydrogen-bond acceptors (Lipinski definition) is 5. The van der Waals surface area contributed by atoms with Crippen LogP contribution in [0.2, 0.25) is 0 Å². The van der Waals surface area contributed by atoms with Gasteiger partial charge in [-0.2, -0.15) is 0 Å². The van der Waals surface area contributed by atoms with Gasteiger partial charge in [0.15, 0.2) is 0 Å². The van der Waals surface area contributed by atoms with Gasteiger partial charge in [-0.25, -0.2) is 0 Å². The van der Waals surface area contributed by atoms with Gasteiger partial charge in [0, 0.05) is 26.2 Å². The van der Waals surface area contributed by atoms with Crippen LogP contribution in [0.15, 0.2) is 0 Å². The zero-order valence-corrected chi connectivity index (χ0v) is 9.78. The molecule has 0 fully saturated rings. The van der Waals surface area contributed by atoms with Crippen LogP contribution >= 0.6 is 0 Å². The van der Waals surface area contributed by atoms with Crippen LogP contribution in [0.4, 0.5) is 0 Å². The molecule has 104 valence electrons. The van der Waals surface area contributed by atoms with Crippen molar-refractivity contribution in [1.29, 1.82) is 0 Å². The summed E-state index contributed by atoms with van der Waals surface area (Å²) in [6, 6.07) is 0. The number of carbonyl (C=O) groups is 2. The van der Waals surface area contributed by atoms with E-state index in [0.717, 1.165) is 6.54 Å². The summed E-state index contributed by atoms with van der Waals surface area (Å²) in [5.41, 5.74) is 0. The van der Waals surface area contributed by atoms with Gasteiger partial charge < -0.3 is 25.6 Å². The van der Waals surface area contributed by atoms with Crippen LogP contribution < -0.4 is 10.6 Å². The fraction of sp³-hybridized carbons (Fsp3) is 0.800. The van der Waals surface area contributed by atoms with Crippen molar-refractivity contribution >= 4 is 71.1 Å². The molecule has 19 heavy (non-hydrogen) atoms. The predicted molar refractivity (Wildman–Crippen MR) is 75.4 cm³/mol. The Morgan fingerprint density at radius 1 is 0.789 bits per heavy atom. The predicted octanol–water partition coefficient (Wildman–Crippen LogP) is -2.17. The van der Waals surface area contributed by atoms with Crippen molar-refractivity contribution in [2.75, 3.05) is 39.4 Å². The van der Waals surface area contributed by atoms with E-state index in [1.165, 1.54) is 0 Å². The summed E-state index contributed by atoms with van der Waals surface area (Å²) in [5.74, 6) is -1.67. The molecule has 0 heterocycles. The number of aliphatic carboxylic acids is 2. The van der Waals surface area contributed by atoms with Crippen LogP contribution in [-0.2, 0) is 14.3 Å². The average molecular weight is 296 g/mol. The summed E-state index contributed by atoms with van der Waals surface area (Å²) in [4.78, 5) is 20.3. The number of hydrogen-bond donors (Lipinski definition) is 4. The fourth-order valence-electron chi connectivity index (χ4n) is 1.03. The van der Waals surface area contributed by atoms with E-state index in [4.69, 9.17) is 14.9 Å². The standard InChI is InChI=1S/C10H20N2O5.2Na.2H/c13-9(14)1-3-11-4-5-12-6-8-17-7-2-10(15)16;;;;/h11-12H,1-8H2,(H,13,14)(H,15,16);;;;. The first kappa shape index (κ1) is 24.8. The SMILES string of the molecule is O=C(O)CCNCCNCCOCCC(=O)O.[NaH].[NaH]. The van der Waals surface area contributed by atoms with Crippen molar-refractivity contribution in [1.82, 2.24) is 10.6 Å². The molecule has 0 spiro atoms. The molecular formula is C10H22N2Na2O5. The number of rotatable bonds is 12. The van der Waals surface area contributed by atoms with Crippen LogP contribution in [-0.4, -0.2) is 121 Å². The maximum atomic E-state index is 10.2. The molecule has 0 aromatic heterocycles. The van der Waals surface area contributed by atoms with Gasteiger partial charge in [0.05, 0.1) is 26.1 Å². The third kappa shape index (κ3) is 24.2. The third-order valence-corrected chi connectivity index (χ3v) is 1.88. The van der Waals surface area contributed by atoms with Crippen molar-refractivity contribution in [3.63, 3.8) is 0 Å². The second-order valence-electron chi connectivity index (χ2n) is 3.40. The zero-order valence-electron chi connectivity index (χ0n) is 9.78. The molecule has 0 aliphatic heterocycles. The monoisotopic (exact) mass is 296 g/mol. The average Bonchev–Trinajstić information content (AvgIpc) is 2.25. The van der Waals surface area contributed by atoms with Gasteiger partial charge in [-0.3, -0.25) is 9.59 Å². The quantitative estimate of drug-likeness (QED) is 0.240. The van der Waals surface area contributed by atoms with E-state index in [-0.39, 0.29) is 78.6 Å². The molecular weight excluding hydrogens is 274 g/mol. The summed E-state index contributed by atoms with van der Waals surface area (Å²) >= 11 is 0. The first-order valence-electron chi connectivity index (χ1n) is 5.55. The van der Waals surface area contributed by atoms with Crippen molar-refractivity contribution < 1.29 is 24.5 Å². The summed E-state index contributed by atoms with van der Waals surface area (Å²) in [5, 5.41) is 22.7. The number of carboxylic acids is 2. The Labute approximate surface area is 157 Å². The van der Waals surface area contributed by atoms with E-state index >= 15 is 0 Å². The van der Waals surface area contributed by atoms with E-state index in [0.29, 0.717) is 26.2 Å². The van der Waals surface area contributed by atoms with E-state index in [9.17, 15) is 9.59 Å². The zero-order chi connectivity index (χ0) is 12.9. The topological polar surface area (TPSA) is 108 Å². The fourth-order valence-corrected chi connectivity index (χ4v) is 1.03. The van der Waals surface area contributed by atoms with Gasteiger partial charge in [0.25, 0.3) is 0 Å². The van der Waals surface area contributed by atoms with Gasteiger partial charge in [-0.05, 0) is 0 Å². The molecule has 0 radical (unpaired) electrons. The molecule has 0 amide bonds. The molecule has 7 nitrogen and oxygen atoms in total. The van der Waals surface area contributed by atoms with Crippen LogP contribution in [0.1, 0.15) is 12.8 Å². The molecule has 0 unspecified atom stereocenters. The minimum absolute atomic E-state index is 0. The molecule has 0 aliphatic rings. The summed E-state index contributed by atoms with van der Waals surface area (Å²) in [6.07, 6.45) is 0.148. The second-order valence-corrected chi connectivity index (χ2v) is 3.40. The number of carboxylic acid groups (broad SMARTS) is 2. The first-order valence-corrected chi connectivity index (χ1v) is 5.55. The van der Waals surface area contributed by atoms with Gasteiger partial charge in [0.2, 0.25) is 0 Å². The minimum atomic E-state index is -0.861. The van der Waals surface area contributed by atoms with E-state index in [1.54, 1.807) is 0 Å². The summed E-state index contributed by atoms with van der Waals surface area (Å²) < 4.78 is 5.06. The molecule has 0 rings (SSSR count). The van der Waals surface area contributed by atoms with Gasteiger partial charge in [-0.15, -0.1) is 0 Å². The molecule has 0 aliphatic carbocycles. The van der Waals surface area contributed by atoms with Crippen LogP contribution in [0.5, 0.6) is 0 Å². The van der Waals surface area contributed by atoms with Gasteiger partial charge in [0.1, 0.15) is 0 Å². The Morgan fingerprint density at radius 2 is 1.32 bits per heavy atom. The van der Waals surface area contributed by atoms with Crippen molar-refractivity contribution in [2.45, 2.75) is 12.8 Å². The van der Waals surface area contributed by atoms with E-state index in [1.807, 2.05) is 0 Å². The van der Waals surface area contributed by atoms with Crippen molar-refractivity contribution in [2.24, 2.45) is 0 Å². The van der Waals surface area contributed by atoms with Crippen LogP contribution in [0.3, 0.4) is 0 Å². The molecule has 0 atom stereocenters. The van der Waals surface area contributed by atoms with Crippen LogP contribution in [0, 0.1) is 0 Å². The summed E-state index contributed by atoms with van der Waals surface area (Å²) in [7, 11) is 0. The van der Waals surface area contributed by atoms with Crippen molar-refractivity contribution in [3.05, 3.63) is 0 Å². The van der Waals surface area contributed by atoms with E-state index < -0.39 is 11.9 Å². The second kappa shape index (κ2) is 18.8. The maximum absolute atomic E-state index is 10.2. The first-order chi connectivity index (χ1) is 8.13. The Kier molecular flexibility index (Phi) is 24.6. The van der Waals surface area contributed by atoms with E-state index in [2.05, 4.69) is 10.6 Å². The molecule has 0 saturated heterocycles. The Morgan fingerprint density at radius 3 is 1.84 bits per heavy atom. The molecule has 0 aromatic carbocycles. The Balaban J connectivity index is -0.00000128. The van der Waals surface area contributed by atoms with Gasteiger partial charge in [-0.1, -0.05) is 0 Å². The number of nitrogens with one attached hydrogen (secondary N) is 2. The molecule has 0 aromatic rings. The van der Waals surface area contributed by atoms with Gasteiger partial charge >= 0.3 is 71.1 Å². The third-order valence-electron chi connectivity index (χ3n) is 1.88. The Hall–Kier alpha value is 0.820.